The van der Waals surface area contributed by atoms with Crippen LogP contribution in [0.1, 0.15) is 12.5 Å². The first-order valence-corrected chi connectivity index (χ1v) is 5.71. The van der Waals surface area contributed by atoms with E-state index in [1.54, 1.807) is 12.1 Å². The zero-order valence-electron chi connectivity index (χ0n) is 8.33. The standard InChI is InChI=1S/C10H13ClN2OS/c1-6(5-14)15-9-3-2-7(10(12)13)4-8(9)11/h2-4,6,14H,5H2,1H3,(H3,12,13). The van der Waals surface area contributed by atoms with Gasteiger partial charge in [0.2, 0.25) is 0 Å². The quantitative estimate of drug-likeness (QED) is 0.432. The summed E-state index contributed by atoms with van der Waals surface area (Å²) < 4.78 is 0. The number of rotatable bonds is 4. The Labute approximate surface area is 98.1 Å². The Morgan fingerprint density at radius 2 is 2.33 bits per heavy atom. The number of benzene rings is 1. The lowest BCUT2D eigenvalue weighted by Crippen LogP contribution is -2.10. The molecule has 0 aliphatic rings. The Hall–Kier alpha value is -0.710. The average Bonchev–Trinajstić information content (AvgIpc) is 2.20. The van der Waals surface area contributed by atoms with Crippen LogP contribution in [0.2, 0.25) is 5.02 Å². The fourth-order valence-electron chi connectivity index (χ4n) is 1.02. The molecule has 1 unspecified atom stereocenters. The number of nitrogen functional groups attached to an aromatic ring is 1. The summed E-state index contributed by atoms with van der Waals surface area (Å²) in [6, 6.07) is 5.23. The third-order valence-electron chi connectivity index (χ3n) is 1.83. The highest BCUT2D eigenvalue weighted by Crippen LogP contribution is 2.30. The van der Waals surface area contributed by atoms with Crippen molar-refractivity contribution in [1.82, 2.24) is 0 Å². The topological polar surface area (TPSA) is 70.1 Å². The van der Waals surface area contributed by atoms with E-state index in [4.69, 9.17) is 27.9 Å². The molecule has 0 aromatic heterocycles. The summed E-state index contributed by atoms with van der Waals surface area (Å²) in [5, 5.41) is 16.8. The first-order valence-electron chi connectivity index (χ1n) is 4.46. The molecule has 0 aliphatic heterocycles. The molecule has 0 heterocycles. The average molecular weight is 245 g/mol. The van der Waals surface area contributed by atoms with Gasteiger partial charge in [-0.15, -0.1) is 11.8 Å². The van der Waals surface area contributed by atoms with E-state index in [2.05, 4.69) is 0 Å². The molecule has 1 rings (SSSR count). The maximum atomic E-state index is 8.91. The molecule has 1 aromatic carbocycles. The summed E-state index contributed by atoms with van der Waals surface area (Å²) in [4.78, 5) is 0.892. The third kappa shape index (κ3) is 3.41. The second kappa shape index (κ2) is 5.39. The highest BCUT2D eigenvalue weighted by Gasteiger charge is 2.08. The predicted octanol–water partition coefficient (Wildman–Crippen LogP) is 2.10. The zero-order chi connectivity index (χ0) is 11.4. The van der Waals surface area contributed by atoms with Gasteiger partial charge in [0, 0.05) is 15.7 Å². The Balaban J connectivity index is 2.88. The van der Waals surface area contributed by atoms with Crippen LogP contribution in [-0.4, -0.2) is 22.8 Å². The zero-order valence-corrected chi connectivity index (χ0v) is 9.90. The molecule has 5 heteroatoms. The molecule has 1 atom stereocenters. The first kappa shape index (κ1) is 12.4. The molecule has 0 saturated carbocycles. The number of aliphatic hydroxyl groups is 1. The molecule has 0 bridgehead atoms. The van der Waals surface area contributed by atoms with Crippen molar-refractivity contribution in [3.63, 3.8) is 0 Å². The molecule has 82 valence electrons. The van der Waals surface area contributed by atoms with Crippen LogP contribution in [0, 0.1) is 5.41 Å². The summed E-state index contributed by atoms with van der Waals surface area (Å²) in [5.41, 5.74) is 5.95. The number of hydrogen-bond donors (Lipinski definition) is 3. The van der Waals surface area contributed by atoms with Crippen LogP contribution in [0.15, 0.2) is 23.1 Å². The van der Waals surface area contributed by atoms with Crippen LogP contribution in [0.4, 0.5) is 0 Å². The van der Waals surface area contributed by atoms with Gasteiger partial charge in [-0.2, -0.15) is 0 Å². The number of thioether (sulfide) groups is 1. The molecule has 0 amide bonds. The van der Waals surface area contributed by atoms with E-state index in [0.29, 0.717) is 10.6 Å². The summed E-state index contributed by atoms with van der Waals surface area (Å²) in [7, 11) is 0. The molecule has 0 aliphatic carbocycles. The lowest BCUT2D eigenvalue weighted by Gasteiger charge is -2.10. The Morgan fingerprint density at radius 3 is 2.80 bits per heavy atom. The molecule has 1 aromatic rings. The van der Waals surface area contributed by atoms with Gasteiger partial charge in [0.05, 0.1) is 11.6 Å². The largest absolute Gasteiger partial charge is 0.395 e. The van der Waals surface area contributed by atoms with E-state index in [-0.39, 0.29) is 17.7 Å². The number of aliphatic hydroxyl groups excluding tert-OH is 1. The van der Waals surface area contributed by atoms with E-state index in [0.717, 1.165) is 4.90 Å². The molecule has 4 N–H and O–H groups in total. The van der Waals surface area contributed by atoms with Crippen LogP contribution in [-0.2, 0) is 0 Å². The van der Waals surface area contributed by atoms with Gasteiger partial charge in [0.1, 0.15) is 5.84 Å². The van der Waals surface area contributed by atoms with Gasteiger partial charge in [-0.1, -0.05) is 24.6 Å². The normalized spacial score (nSPS) is 12.5. The molecule has 15 heavy (non-hydrogen) atoms. The summed E-state index contributed by atoms with van der Waals surface area (Å²) in [5.74, 6) is 0.00339. The lowest BCUT2D eigenvalue weighted by atomic mass is 10.2. The molecule has 0 radical (unpaired) electrons. The number of halogens is 1. The van der Waals surface area contributed by atoms with E-state index in [1.807, 2.05) is 13.0 Å². The predicted molar refractivity (Wildman–Crippen MR) is 64.9 cm³/mol. The fraction of sp³-hybridized carbons (Fsp3) is 0.300. The van der Waals surface area contributed by atoms with Crippen molar-refractivity contribution in [2.24, 2.45) is 5.73 Å². The third-order valence-corrected chi connectivity index (χ3v) is 3.41. The van der Waals surface area contributed by atoms with Crippen LogP contribution in [0.3, 0.4) is 0 Å². The Kier molecular flexibility index (Phi) is 4.45. The summed E-state index contributed by atoms with van der Waals surface area (Å²) in [6.07, 6.45) is 0. The maximum Gasteiger partial charge on any atom is 0.122 e. The number of nitrogens with two attached hydrogens (primary N) is 1. The highest BCUT2D eigenvalue weighted by atomic mass is 35.5. The molecule has 0 spiro atoms. The van der Waals surface area contributed by atoms with Crippen LogP contribution >= 0.6 is 23.4 Å². The van der Waals surface area contributed by atoms with Crippen molar-refractivity contribution in [3.05, 3.63) is 28.8 Å². The molecule has 0 saturated heterocycles. The van der Waals surface area contributed by atoms with E-state index in [9.17, 15) is 0 Å². The van der Waals surface area contributed by atoms with Crippen molar-refractivity contribution in [3.8, 4) is 0 Å². The molecular weight excluding hydrogens is 232 g/mol. The Bertz CT molecular complexity index is 370. The number of amidine groups is 1. The van der Waals surface area contributed by atoms with Gasteiger partial charge >= 0.3 is 0 Å². The van der Waals surface area contributed by atoms with Gasteiger partial charge in [-0.25, -0.2) is 0 Å². The summed E-state index contributed by atoms with van der Waals surface area (Å²) >= 11 is 7.52. The van der Waals surface area contributed by atoms with E-state index in [1.165, 1.54) is 11.8 Å². The Morgan fingerprint density at radius 1 is 1.67 bits per heavy atom. The molecular formula is C10H13ClN2OS. The van der Waals surface area contributed by atoms with Crippen LogP contribution < -0.4 is 5.73 Å². The summed E-state index contributed by atoms with van der Waals surface area (Å²) in [6.45, 7) is 2.02. The molecule has 0 fully saturated rings. The van der Waals surface area contributed by atoms with Crippen molar-refractivity contribution in [1.29, 1.82) is 5.41 Å². The monoisotopic (exact) mass is 244 g/mol. The van der Waals surface area contributed by atoms with Crippen molar-refractivity contribution < 1.29 is 5.11 Å². The second-order valence-electron chi connectivity index (χ2n) is 3.17. The van der Waals surface area contributed by atoms with Gasteiger partial charge in [-0.05, 0) is 12.1 Å². The smallest absolute Gasteiger partial charge is 0.122 e. The van der Waals surface area contributed by atoms with Crippen molar-refractivity contribution >= 4 is 29.2 Å². The SMILES string of the molecule is CC(CO)Sc1ccc(C(=N)N)cc1Cl. The van der Waals surface area contributed by atoms with E-state index < -0.39 is 0 Å². The van der Waals surface area contributed by atoms with Crippen LogP contribution in [0.25, 0.3) is 0 Å². The molecule has 3 nitrogen and oxygen atoms in total. The van der Waals surface area contributed by atoms with Gasteiger partial charge in [0.25, 0.3) is 0 Å². The maximum absolute atomic E-state index is 8.91. The van der Waals surface area contributed by atoms with Crippen molar-refractivity contribution in [2.45, 2.75) is 17.1 Å². The minimum Gasteiger partial charge on any atom is -0.395 e. The lowest BCUT2D eigenvalue weighted by molar-refractivity contribution is 0.300. The minimum atomic E-state index is 0.00339. The highest BCUT2D eigenvalue weighted by molar-refractivity contribution is 8.00. The van der Waals surface area contributed by atoms with Gasteiger partial charge < -0.3 is 10.8 Å². The first-order chi connectivity index (χ1) is 7.04. The van der Waals surface area contributed by atoms with Crippen molar-refractivity contribution in [2.75, 3.05) is 6.61 Å². The number of hydrogen-bond acceptors (Lipinski definition) is 3. The number of nitrogens with one attached hydrogen (secondary N) is 1. The van der Waals surface area contributed by atoms with E-state index >= 15 is 0 Å². The minimum absolute atomic E-state index is 0.00339. The fourth-order valence-corrected chi connectivity index (χ4v) is 2.16. The second-order valence-corrected chi connectivity index (χ2v) is 5.06. The van der Waals surface area contributed by atoms with Crippen LogP contribution in [0.5, 0.6) is 0 Å². The van der Waals surface area contributed by atoms with Gasteiger partial charge in [-0.3, -0.25) is 5.41 Å². The van der Waals surface area contributed by atoms with Gasteiger partial charge in [0.15, 0.2) is 0 Å².